The van der Waals surface area contributed by atoms with Gasteiger partial charge in [-0.15, -0.1) is 0 Å². The number of rotatable bonds is 5. The van der Waals surface area contributed by atoms with Gasteiger partial charge in [0.15, 0.2) is 0 Å². The van der Waals surface area contributed by atoms with E-state index in [0.29, 0.717) is 17.0 Å². The fraction of sp³-hybridized carbons (Fsp3) is 0.0952. The maximum absolute atomic E-state index is 11.8. The number of aliphatic imine (C=N–C) groups is 1. The Morgan fingerprint density at radius 2 is 1.41 bits per heavy atom. The summed E-state index contributed by atoms with van der Waals surface area (Å²) in [6.07, 6.45) is 0. The Hall–Kier alpha value is -4.67. The van der Waals surface area contributed by atoms with Gasteiger partial charge in [-0.2, -0.15) is 0 Å². The molecule has 3 aromatic rings. The lowest BCUT2D eigenvalue weighted by Gasteiger charge is -2.07. The van der Waals surface area contributed by atoms with E-state index in [1.54, 1.807) is 37.3 Å². The summed E-state index contributed by atoms with van der Waals surface area (Å²) < 4.78 is 5.31. The molecule has 1 aliphatic carbocycles. The zero-order chi connectivity index (χ0) is 23.2. The van der Waals surface area contributed by atoms with Gasteiger partial charge in [0.1, 0.15) is 11.4 Å². The second-order valence-electron chi connectivity index (χ2n) is 7.00. The van der Waals surface area contributed by atoms with E-state index in [0.717, 1.165) is 12.1 Å². The molecule has 0 amide bonds. The van der Waals surface area contributed by atoms with Gasteiger partial charge in [-0.25, -0.2) is 4.99 Å². The summed E-state index contributed by atoms with van der Waals surface area (Å²) in [4.78, 5) is 37.5. The van der Waals surface area contributed by atoms with Gasteiger partial charge < -0.3 is 4.74 Å². The molecule has 32 heavy (non-hydrogen) atoms. The fourth-order valence-corrected chi connectivity index (χ4v) is 3.78. The van der Waals surface area contributed by atoms with Crippen molar-refractivity contribution in [1.29, 1.82) is 0 Å². The molecule has 1 aliphatic rings. The highest BCUT2D eigenvalue weighted by Gasteiger charge is 2.39. The van der Waals surface area contributed by atoms with Gasteiger partial charge in [0.25, 0.3) is 17.1 Å². The van der Waals surface area contributed by atoms with Crippen LogP contribution >= 0.6 is 0 Å². The average molecular weight is 434 g/mol. The normalized spacial score (nSPS) is 12.9. The zero-order valence-corrected chi connectivity index (χ0v) is 16.8. The van der Waals surface area contributed by atoms with Crippen LogP contribution in [-0.2, 0) is 0 Å². The molecule has 0 spiro atoms. The third-order valence-electron chi connectivity index (χ3n) is 5.05. The first kappa shape index (κ1) is 20.6. The monoisotopic (exact) mass is 434 g/mol. The summed E-state index contributed by atoms with van der Waals surface area (Å²) in [5.74, 6) is 0.400. The van der Waals surface area contributed by atoms with Crippen LogP contribution in [0.4, 0.5) is 22.7 Å². The first-order valence-electron chi connectivity index (χ1n) is 9.21. The lowest BCUT2D eigenvalue weighted by atomic mass is 10.00. The van der Waals surface area contributed by atoms with E-state index in [9.17, 15) is 30.3 Å². The molecule has 3 aromatic carbocycles. The molecule has 11 nitrogen and oxygen atoms in total. The van der Waals surface area contributed by atoms with E-state index in [4.69, 9.17) is 4.74 Å². The number of aryl methyl sites for hydroxylation is 1. The van der Waals surface area contributed by atoms with Crippen molar-refractivity contribution in [1.82, 2.24) is 0 Å². The highest BCUT2D eigenvalue weighted by Crippen LogP contribution is 2.50. The van der Waals surface area contributed by atoms with Crippen LogP contribution < -0.4 is 4.74 Å². The summed E-state index contributed by atoms with van der Waals surface area (Å²) in [5, 5.41) is 35.1. The molecule has 11 heteroatoms. The highest BCUT2D eigenvalue weighted by atomic mass is 16.6. The van der Waals surface area contributed by atoms with Gasteiger partial charge in [0, 0.05) is 23.3 Å². The third-order valence-corrected chi connectivity index (χ3v) is 5.05. The number of non-ortho nitro benzene ring substituents is 1. The van der Waals surface area contributed by atoms with Crippen LogP contribution in [0.25, 0.3) is 11.1 Å². The van der Waals surface area contributed by atoms with Gasteiger partial charge in [-0.3, -0.25) is 30.3 Å². The molecule has 0 heterocycles. The van der Waals surface area contributed by atoms with Crippen LogP contribution in [0.15, 0.2) is 53.5 Å². The Bertz CT molecular complexity index is 1360. The molecular formula is C21H14N4O7. The number of benzene rings is 3. The molecule has 0 saturated carbocycles. The van der Waals surface area contributed by atoms with Crippen molar-refractivity contribution in [2.45, 2.75) is 6.92 Å². The molecule has 0 fully saturated rings. The van der Waals surface area contributed by atoms with Crippen molar-refractivity contribution in [3.05, 3.63) is 95.6 Å². The first-order valence-corrected chi connectivity index (χ1v) is 9.21. The Balaban J connectivity index is 2.18. The van der Waals surface area contributed by atoms with Crippen LogP contribution in [0.5, 0.6) is 5.75 Å². The van der Waals surface area contributed by atoms with Crippen LogP contribution in [0.2, 0.25) is 0 Å². The van der Waals surface area contributed by atoms with E-state index in [1.807, 2.05) is 0 Å². The van der Waals surface area contributed by atoms with Crippen molar-refractivity contribution < 1.29 is 19.5 Å². The Morgan fingerprint density at radius 1 is 0.812 bits per heavy atom. The largest absolute Gasteiger partial charge is 0.494 e. The lowest BCUT2D eigenvalue weighted by molar-refractivity contribution is -0.394. The van der Waals surface area contributed by atoms with E-state index < -0.39 is 26.1 Å². The maximum atomic E-state index is 11.8. The van der Waals surface area contributed by atoms with E-state index in [-0.39, 0.29) is 33.7 Å². The molecule has 0 aliphatic heterocycles. The Morgan fingerprint density at radius 3 is 2.00 bits per heavy atom. The second-order valence-corrected chi connectivity index (χ2v) is 7.00. The standard InChI is InChI=1S/C21H14N4O7/c1-11-7-13-19(16(8-11)24(28)29)20-14(9-12(23(26)27)10-17(20)25(30)31)21(13)22-15-5-3-4-6-18(15)32-2/h3-10H,1-2H3. The van der Waals surface area contributed by atoms with E-state index in [1.165, 1.54) is 13.2 Å². The van der Waals surface area contributed by atoms with Crippen LogP contribution in [0.1, 0.15) is 16.7 Å². The number of nitro groups is 3. The molecular weight excluding hydrogens is 420 g/mol. The molecule has 0 radical (unpaired) electrons. The molecule has 0 unspecified atom stereocenters. The predicted octanol–water partition coefficient (Wildman–Crippen LogP) is 4.88. The summed E-state index contributed by atoms with van der Waals surface area (Å²) in [7, 11) is 1.44. The first-order chi connectivity index (χ1) is 15.2. The van der Waals surface area contributed by atoms with Crippen molar-refractivity contribution in [3.8, 4) is 16.9 Å². The summed E-state index contributed by atoms with van der Waals surface area (Å²) >= 11 is 0. The number of fused-ring (bicyclic) bond motifs is 3. The minimum atomic E-state index is -0.786. The molecule has 0 atom stereocenters. The topological polar surface area (TPSA) is 151 Å². The minimum absolute atomic E-state index is 0.00541. The number of nitrogens with zero attached hydrogens (tertiary/aromatic N) is 4. The summed E-state index contributed by atoms with van der Waals surface area (Å²) in [5.41, 5.74) is -0.136. The molecule has 160 valence electrons. The highest BCUT2D eigenvalue weighted by molar-refractivity contribution is 6.28. The van der Waals surface area contributed by atoms with Crippen molar-refractivity contribution in [3.63, 3.8) is 0 Å². The smallest absolute Gasteiger partial charge is 0.285 e. The van der Waals surface area contributed by atoms with Gasteiger partial charge in [0.05, 0.1) is 44.8 Å². The fourth-order valence-electron chi connectivity index (χ4n) is 3.78. The Labute approximate surface area is 180 Å². The molecule has 4 rings (SSSR count). The second kappa shape index (κ2) is 7.54. The van der Waals surface area contributed by atoms with Gasteiger partial charge in [0.2, 0.25) is 0 Å². The quantitative estimate of drug-likeness (QED) is 0.321. The SMILES string of the molecule is COc1ccccc1N=C1c2cc(C)cc([N+](=O)[O-])c2-c2c1cc([N+](=O)[O-])cc2[N+](=O)[O-]. The van der Waals surface area contributed by atoms with Crippen molar-refractivity contribution in [2.24, 2.45) is 4.99 Å². The van der Waals surface area contributed by atoms with Crippen molar-refractivity contribution >= 4 is 28.5 Å². The number of methoxy groups -OCH3 is 1. The Kier molecular flexibility index (Phi) is 4.85. The molecule has 0 N–H and O–H groups in total. The number of nitro benzene ring substituents is 3. The number of hydrogen-bond donors (Lipinski definition) is 0. The zero-order valence-electron chi connectivity index (χ0n) is 16.8. The molecule has 0 aromatic heterocycles. The average Bonchev–Trinajstić information content (AvgIpc) is 3.05. The molecule has 0 bridgehead atoms. The number of hydrogen-bond acceptors (Lipinski definition) is 8. The van der Waals surface area contributed by atoms with Crippen LogP contribution in [0.3, 0.4) is 0 Å². The molecule has 0 saturated heterocycles. The summed E-state index contributed by atoms with van der Waals surface area (Å²) in [6.45, 7) is 1.65. The van der Waals surface area contributed by atoms with E-state index >= 15 is 0 Å². The van der Waals surface area contributed by atoms with Gasteiger partial charge in [-0.1, -0.05) is 12.1 Å². The third kappa shape index (κ3) is 3.21. The lowest BCUT2D eigenvalue weighted by Crippen LogP contribution is -2.01. The predicted molar refractivity (Wildman–Crippen MR) is 115 cm³/mol. The maximum Gasteiger partial charge on any atom is 0.285 e. The van der Waals surface area contributed by atoms with Crippen LogP contribution in [0, 0.1) is 37.3 Å². The van der Waals surface area contributed by atoms with E-state index in [2.05, 4.69) is 4.99 Å². The van der Waals surface area contributed by atoms with Crippen LogP contribution in [-0.4, -0.2) is 27.6 Å². The van der Waals surface area contributed by atoms with Gasteiger partial charge in [-0.05, 0) is 30.7 Å². The number of para-hydroxylation sites is 2. The van der Waals surface area contributed by atoms with Gasteiger partial charge >= 0.3 is 0 Å². The minimum Gasteiger partial charge on any atom is -0.494 e. The number of ether oxygens (including phenoxy) is 1. The summed E-state index contributed by atoms with van der Waals surface area (Å²) in [6, 6.07) is 11.6. The van der Waals surface area contributed by atoms with Crippen molar-refractivity contribution in [2.75, 3.05) is 7.11 Å².